The summed E-state index contributed by atoms with van der Waals surface area (Å²) in [4.78, 5) is 12.2. The molecular formula is C28H41NO6. The summed E-state index contributed by atoms with van der Waals surface area (Å²) in [5, 5.41) is 23.6. The standard InChI is InChI=1S/C28H41NO6/c1-20(30)24(17-22-14-10-7-11-15-22)23(16-21-12-8-6-9-13-21)18-34-19-25(26(31)33-5)29-27(32)35-28(2,3)4/h6-15,20,23-26,30-31H,16-19H2,1-5H3,(H,29,32)/t20-,23-,24-,25-,26?/m0/s1. The van der Waals surface area contributed by atoms with Crippen molar-refractivity contribution in [1.29, 1.82) is 0 Å². The van der Waals surface area contributed by atoms with Crippen LogP contribution in [0.4, 0.5) is 4.79 Å². The van der Waals surface area contributed by atoms with Gasteiger partial charge in [-0.05, 0) is 63.5 Å². The van der Waals surface area contributed by atoms with Gasteiger partial charge < -0.3 is 29.7 Å². The van der Waals surface area contributed by atoms with Gasteiger partial charge in [0.2, 0.25) is 0 Å². The fraction of sp³-hybridized carbons (Fsp3) is 0.536. The molecule has 2 rings (SSSR count). The molecule has 0 saturated heterocycles. The first-order valence-electron chi connectivity index (χ1n) is 12.1. The molecule has 2 aromatic carbocycles. The van der Waals surface area contributed by atoms with Crippen molar-refractivity contribution in [2.75, 3.05) is 20.3 Å². The molecular weight excluding hydrogens is 446 g/mol. The molecule has 0 heterocycles. The molecule has 0 fully saturated rings. The van der Waals surface area contributed by atoms with Crippen molar-refractivity contribution in [2.24, 2.45) is 11.8 Å². The van der Waals surface area contributed by atoms with Crippen molar-refractivity contribution in [2.45, 2.75) is 64.6 Å². The first-order valence-corrected chi connectivity index (χ1v) is 12.1. The van der Waals surface area contributed by atoms with Gasteiger partial charge in [-0.25, -0.2) is 4.79 Å². The number of amides is 1. The van der Waals surface area contributed by atoms with Crippen LogP contribution in [0, 0.1) is 11.8 Å². The predicted octanol–water partition coefficient (Wildman–Crippen LogP) is 3.96. The molecule has 0 aliphatic rings. The Hall–Kier alpha value is -2.45. The monoisotopic (exact) mass is 487 g/mol. The van der Waals surface area contributed by atoms with E-state index in [0.29, 0.717) is 13.0 Å². The number of ether oxygens (including phenoxy) is 3. The normalized spacial score (nSPS) is 16.1. The Morgan fingerprint density at radius 2 is 1.46 bits per heavy atom. The highest BCUT2D eigenvalue weighted by molar-refractivity contribution is 5.68. The summed E-state index contributed by atoms with van der Waals surface area (Å²) in [6.45, 7) is 7.47. The molecule has 0 spiro atoms. The molecule has 0 bridgehead atoms. The Morgan fingerprint density at radius 1 is 0.914 bits per heavy atom. The highest BCUT2D eigenvalue weighted by atomic mass is 16.6. The van der Waals surface area contributed by atoms with Crippen molar-refractivity contribution >= 4 is 6.09 Å². The van der Waals surface area contributed by atoms with Crippen LogP contribution in [0.25, 0.3) is 0 Å². The third kappa shape index (κ3) is 10.8. The minimum absolute atomic E-state index is 0.000490. The quantitative estimate of drug-likeness (QED) is 0.370. The lowest BCUT2D eigenvalue weighted by Crippen LogP contribution is -2.49. The van der Waals surface area contributed by atoms with Gasteiger partial charge in [0.1, 0.15) is 11.6 Å². The predicted molar refractivity (Wildman–Crippen MR) is 136 cm³/mol. The number of carbonyl (C=O) groups excluding carboxylic acids is 1. The Kier molecular flexibility index (Phi) is 11.7. The molecule has 0 aliphatic heterocycles. The Balaban J connectivity index is 2.12. The summed E-state index contributed by atoms with van der Waals surface area (Å²) in [6.07, 6.45) is -1.03. The van der Waals surface area contributed by atoms with E-state index < -0.39 is 30.1 Å². The molecule has 0 saturated carbocycles. The zero-order valence-corrected chi connectivity index (χ0v) is 21.5. The molecule has 7 heteroatoms. The summed E-state index contributed by atoms with van der Waals surface area (Å²) in [7, 11) is 1.36. The van der Waals surface area contributed by atoms with E-state index in [9.17, 15) is 15.0 Å². The third-order valence-corrected chi connectivity index (χ3v) is 5.80. The first kappa shape index (κ1) is 28.8. The van der Waals surface area contributed by atoms with Crippen LogP contribution < -0.4 is 5.32 Å². The van der Waals surface area contributed by atoms with Crippen molar-refractivity contribution in [1.82, 2.24) is 5.32 Å². The number of carbonyl (C=O) groups is 1. The minimum atomic E-state index is -1.26. The summed E-state index contributed by atoms with van der Waals surface area (Å²) in [5.74, 6) is -0.0540. The maximum Gasteiger partial charge on any atom is 0.408 e. The van der Waals surface area contributed by atoms with Crippen LogP contribution in [0.5, 0.6) is 0 Å². The largest absolute Gasteiger partial charge is 0.444 e. The second-order valence-electron chi connectivity index (χ2n) is 9.96. The van der Waals surface area contributed by atoms with Gasteiger partial charge in [0.25, 0.3) is 0 Å². The van der Waals surface area contributed by atoms with E-state index in [0.717, 1.165) is 17.5 Å². The summed E-state index contributed by atoms with van der Waals surface area (Å²) < 4.78 is 16.4. The van der Waals surface area contributed by atoms with E-state index in [2.05, 4.69) is 29.6 Å². The zero-order chi connectivity index (χ0) is 25.8. The number of benzene rings is 2. The number of aliphatic hydroxyl groups is 2. The summed E-state index contributed by atoms with van der Waals surface area (Å²) in [5.41, 5.74) is 1.63. The van der Waals surface area contributed by atoms with Crippen LogP contribution in [-0.4, -0.2) is 60.7 Å². The molecule has 3 N–H and O–H groups in total. The summed E-state index contributed by atoms with van der Waals surface area (Å²) in [6, 6.07) is 19.4. The van der Waals surface area contributed by atoms with E-state index >= 15 is 0 Å². The van der Waals surface area contributed by atoms with Crippen LogP contribution in [0.1, 0.15) is 38.8 Å². The average molecular weight is 488 g/mol. The number of aliphatic hydroxyl groups excluding tert-OH is 2. The Labute approximate surface area is 209 Å². The lowest BCUT2D eigenvalue weighted by molar-refractivity contribution is -0.114. The van der Waals surface area contributed by atoms with Crippen LogP contribution in [0.15, 0.2) is 60.7 Å². The maximum absolute atomic E-state index is 12.2. The molecule has 35 heavy (non-hydrogen) atoms. The molecule has 0 radical (unpaired) electrons. The second-order valence-corrected chi connectivity index (χ2v) is 9.96. The zero-order valence-electron chi connectivity index (χ0n) is 21.5. The van der Waals surface area contributed by atoms with Gasteiger partial charge in [0, 0.05) is 7.11 Å². The van der Waals surface area contributed by atoms with E-state index in [1.165, 1.54) is 7.11 Å². The number of nitrogens with one attached hydrogen (secondary N) is 1. The second kappa shape index (κ2) is 14.2. The highest BCUT2D eigenvalue weighted by Crippen LogP contribution is 2.26. The number of methoxy groups -OCH3 is 1. The molecule has 1 unspecified atom stereocenters. The van der Waals surface area contributed by atoms with Gasteiger partial charge in [-0.15, -0.1) is 0 Å². The Morgan fingerprint density at radius 3 is 1.94 bits per heavy atom. The smallest absolute Gasteiger partial charge is 0.408 e. The van der Waals surface area contributed by atoms with Gasteiger partial charge in [0.05, 0.1) is 19.3 Å². The van der Waals surface area contributed by atoms with Crippen LogP contribution >= 0.6 is 0 Å². The lowest BCUT2D eigenvalue weighted by Gasteiger charge is -2.31. The van der Waals surface area contributed by atoms with Gasteiger partial charge in [-0.2, -0.15) is 0 Å². The van der Waals surface area contributed by atoms with Crippen LogP contribution in [0.3, 0.4) is 0 Å². The van der Waals surface area contributed by atoms with Crippen molar-refractivity contribution in [3.63, 3.8) is 0 Å². The molecule has 2 aromatic rings. The van der Waals surface area contributed by atoms with Gasteiger partial charge in [0.15, 0.2) is 6.29 Å². The van der Waals surface area contributed by atoms with Crippen molar-refractivity contribution < 1.29 is 29.2 Å². The van der Waals surface area contributed by atoms with Crippen molar-refractivity contribution in [3.8, 4) is 0 Å². The Bertz CT molecular complexity index is 853. The van der Waals surface area contributed by atoms with Gasteiger partial charge in [-0.1, -0.05) is 60.7 Å². The van der Waals surface area contributed by atoms with E-state index in [1.54, 1.807) is 20.8 Å². The molecule has 5 atom stereocenters. The molecule has 1 amide bonds. The average Bonchev–Trinajstić information content (AvgIpc) is 2.80. The van der Waals surface area contributed by atoms with Crippen molar-refractivity contribution in [3.05, 3.63) is 71.8 Å². The molecule has 7 nitrogen and oxygen atoms in total. The van der Waals surface area contributed by atoms with Crippen LogP contribution in [0.2, 0.25) is 0 Å². The molecule has 0 aliphatic carbocycles. The van der Waals surface area contributed by atoms with E-state index in [4.69, 9.17) is 14.2 Å². The number of rotatable bonds is 13. The lowest BCUT2D eigenvalue weighted by atomic mass is 9.80. The third-order valence-electron chi connectivity index (χ3n) is 5.80. The number of alkyl carbamates (subject to hydrolysis) is 1. The maximum atomic E-state index is 12.2. The minimum Gasteiger partial charge on any atom is -0.444 e. The highest BCUT2D eigenvalue weighted by Gasteiger charge is 2.29. The molecule has 194 valence electrons. The number of hydrogen-bond acceptors (Lipinski definition) is 6. The van der Waals surface area contributed by atoms with Gasteiger partial charge in [-0.3, -0.25) is 0 Å². The van der Waals surface area contributed by atoms with E-state index in [1.807, 2.05) is 43.3 Å². The SMILES string of the molecule is COC(O)[C@H](COC[C@H](Cc1ccccc1)[C@@H](Cc1ccccc1)[C@H](C)O)NC(=O)OC(C)(C)C. The molecule has 0 aromatic heterocycles. The number of hydrogen-bond donors (Lipinski definition) is 3. The van der Waals surface area contributed by atoms with Crippen LogP contribution in [-0.2, 0) is 27.1 Å². The van der Waals surface area contributed by atoms with Gasteiger partial charge >= 0.3 is 6.09 Å². The fourth-order valence-electron chi connectivity index (χ4n) is 4.03. The first-order chi connectivity index (χ1) is 16.6. The van der Waals surface area contributed by atoms with E-state index in [-0.39, 0.29) is 18.4 Å². The fourth-order valence-corrected chi connectivity index (χ4v) is 4.03. The summed E-state index contributed by atoms with van der Waals surface area (Å²) >= 11 is 0. The topological polar surface area (TPSA) is 97.3 Å².